The molecule has 0 bridgehead atoms. The number of piperidine rings is 1. The van der Waals surface area contributed by atoms with Crippen LogP contribution in [0.4, 0.5) is 9.18 Å². The Bertz CT molecular complexity index is 1210. The third kappa shape index (κ3) is 4.82. The topological polar surface area (TPSA) is 99.4 Å². The highest BCUT2D eigenvalue weighted by Crippen LogP contribution is 2.33. The Kier molecular flexibility index (Phi) is 6.59. The summed E-state index contributed by atoms with van der Waals surface area (Å²) in [5.41, 5.74) is 1.63. The Morgan fingerprint density at radius 1 is 1.24 bits per heavy atom. The lowest BCUT2D eigenvalue weighted by atomic mass is 10.1. The normalized spacial score (nSPS) is 15.8. The third-order valence-electron chi connectivity index (χ3n) is 5.43. The predicted molar refractivity (Wildman–Crippen MR) is 121 cm³/mol. The van der Waals surface area contributed by atoms with E-state index in [-0.39, 0.29) is 23.9 Å². The van der Waals surface area contributed by atoms with Crippen LogP contribution < -0.4 is 4.74 Å². The number of hydrogen-bond donors (Lipinski definition) is 0. The van der Waals surface area contributed by atoms with Gasteiger partial charge in [0.15, 0.2) is 0 Å². The molecule has 0 saturated carbocycles. The Morgan fingerprint density at radius 3 is 2.61 bits per heavy atom. The molecule has 0 radical (unpaired) electrons. The lowest BCUT2D eigenvalue weighted by molar-refractivity contribution is 0.0510. The van der Waals surface area contributed by atoms with Crippen molar-refractivity contribution in [3.63, 3.8) is 0 Å². The summed E-state index contributed by atoms with van der Waals surface area (Å²) in [6, 6.07) is 4.43. The molecule has 1 aliphatic rings. The zero-order valence-electron chi connectivity index (χ0n) is 18.9. The SMILES string of the molecule is CC(C)OC(=O)N1CCC(Oc2ncnc3c(-c4ccc(S(C)=O)cc4F)nn(C)c23)CC1. The number of nitrogens with zero attached hydrogens (tertiary/aromatic N) is 5. The Morgan fingerprint density at radius 2 is 1.97 bits per heavy atom. The maximum atomic E-state index is 14.8. The summed E-state index contributed by atoms with van der Waals surface area (Å²) in [4.78, 5) is 22.8. The number of benzene rings is 1. The van der Waals surface area contributed by atoms with Gasteiger partial charge in [0.1, 0.15) is 35.0 Å². The van der Waals surface area contributed by atoms with Gasteiger partial charge in [-0.15, -0.1) is 0 Å². The van der Waals surface area contributed by atoms with Gasteiger partial charge in [0.05, 0.1) is 6.10 Å². The number of rotatable bonds is 5. The molecule has 1 aromatic carbocycles. The molecule has 176 valence electrons. The van der Waals surface area contributed by atoms with Crippen molar-refractivity contribution in [2.75, 3.05) is 19.3 Å². The molecule has 3 heterocycles. The van der Waals surface area contributed by atoms with Crippen molar-refractivity contribution < 1.29 is 22.9 Å². The van der Waals surface area contributed by atoms with E-state index in [1.165, 1.54) is 18.6 Å². The first-order valence-electron chi connectivity index (χ1n) is 10.7. The van der Waals surface area contributed by atoms with Crippen molar-refractivity contribution in [2.24, 2.45) is 7.05 Å². The van der Waals surface area contributed by atoms with Gasteiger partial charge >= 0.3 is 6.09 Å². The van der Waals surface area contributed by atoms with Crippen LogP contribution in [0.15, 0.2) is 29.4 Å². The van der Waals surface area contributed by atoms with E-state index in [4.69, 9.17) is 9.47 Å². The second kappa shape index (κ2) is 9.42. The predicted octanol–water partition coefficient (Wildman–Crippen LogP) is 3.30. The number of aryl methyl sites for hydroxylation is 1. The van der Waals surface area contributed by atoms with Crippen LogP contribution in [0.25, 0.3) is 22.3 Å². The number of hydrogen-bond acceptors (Lipinski definition) is 7. The number of aromatic nitrogens is 4. The van der Waals surface area contributed by atoms with E-state index in [9.17, 15) is 13.4 Å². The van der Waals surface area contributed by atoms with E-state index in [1.54, 1.807) is 28.8 Å². The van der Waals surface area contributed by atoms with Gasteiger partial charge in [-0.25, -0.2) is 14.2 Å². The van der Waals surface area contributed by atoms with Gasteiger partial charge in [-0.05, 0) is 32.0 Å². The summed E-state index contributed by atoms with van der Waals surface area (Å²) in [6.07, 6.45) is 3.51. The maximum Gasteiger partial charge on any atom is 0.410 e. The summed E-state index contributed by atoms with van der Waals surface area (Å²) in [7, 11) is 0.436. The van der Waals surface area contributed by atoms with Crippen LogP contribution in [0.5, 0.6) is 5.88 Å². The first-order valence-corrected chi connectivity index (χ1v) is 12.2. The highest BCUT2D eigenvalue weighted by molar-refractivity contribution is 7.84. The molecule has 9 nitrogen and oxygen atoms in total. The summed E-state index contributed by atoms with van der Waals surface area (Å²) in [5, 5.41) is 4.46. The number of halogens is 1. The van der Waals surface area contributed by atoms with Gasteiger partial charge in [-0.2, -0.15) is 10.1 Å². The quantitative estimate of drug-likeness (QED) is 0.558. The minimum absolute atomic E-state index is 0.139. The van der Waals surface area contributed by atoms with Crippen LogP contribution in [-0.4, -0.2) is 66.5 Å². The number of carbonyl (C=O) groups excluding carboxylic acids is 1. The number of ether oxygens (including phenoxy) is 2. The molecule has 1 atom stereocenters. The summed E-state index contributed by atoms with van der Waals surface area (Å²) in [6.45, 7) is 4.69. The number of likely N-dealkylation sites (tertiary alicyclic amines) is 1. The molecule has 2 aromatic heterocycles. The average Bonchev–Trinajstić information content (AvgIpc) is 3.11. The van der Waals surface area contributed by atoms with Crippen molar-refractivity contribution in [1.82, 2.24) is 24.6 Å². The number of fused-ring (bicyclic) bond motifs is 1. The van der Waals surface area contributed by atoms with Gasteiger partial charge < -0.3 is 14.4 Å². The molecule has 4 rings (SSSR count). The molecule has 1 saturated heterocycles. The molecule has 3 aromatic rings. The second-order valence-corrected chi connectivity index (χ2v) is 9.56. The first-order chi connectivity index (χ1) is 15.7. The van der Waals surface area contributed by atoms with E-state index in [0.717, 1.165) is 0 Å². The molecule has 33 heavy (non-hydrogen) atoms. The Labute approximate surface area is 193 Å². The number of carbonyl (C=O) groups is 1. The molecule has 1 fully saturated rings. The molecule has 1 amide bonds. The smallest absolute Gasteiger partial charge is 0.410 e. The van der Waals surface area contributed by atoms with E-state index < -0.39 is 16.6 Å². The zero-order chi connectivity index (χ0) is 23.7. The standard InChI is InChI=1S/C22H26FN5O4S/c1-13(2)31-22(29)28-9-7-14(8-10-28)32-21-20-19(24-12-25-21)18(26-27(20)3)16-6-5-15(33(4)30)11-17(16)23/h5-6,11-14H,7-10H2,1-4H3. The highest BCUT2D eigenvalue weighted by Gasteiger charge is 2.27. The largest absolute Gasteiger partial charge is 0.473 e. The monoisotopic (exact) mass is 475 g/mol. The minimum atomic E-state index is -1.29. The van der Waals surface area contributed by atoms with Gasteiger partial charge in [-0.3, -0.25) is 8.89 Å². The minimum Gasteiger partial charge on any atom is -0.473 e. The maximum absolute atomic E-state index is 14.8. The molecule has 1 aliphatic heterocycles. The lowest BCUT2D eigenvalue weighted by Crippen LogP contribution is -2.42. The molecule has 0 spiro atoms. The molecular weight excluding hydrogens is 449 g/mol. The average molecular weight is 476 g/mol. The van der Waals surface area contributed by atoms with E-state index in [1.807, 2.05) is 13.8 Å². The molecule has 1 unspecified atom stereocenters. The first kappa shape index (κ1) is 23.1. The van der Waals surface area contributed by atoms with E-state index in [2.05, 4.69) is 15.1 Å². The van der Waals surface area contributed by atoms with Crippen molar-refractivity contribution >= 4 is 27.9 Å². The molecular formula is C22H26FN5O4S. The van der Waals surface area contributed by atoms with Crippen molar-refractivity contribution in [3.05, 3.63) is 30.3 Å². The summed E-state index contributed by atoms with van der Waals surface area (Å²) < 4.78 is 39.4. The summed E-state index contributed by atoms with van der Waals surface area (Å²) in [5.74, 6) is -0.166. The van der Waals surface area contributed by atoms with Crippen molar-refractivity contribution in [1.29, 1.82) is 0 Å². The van der Waals surface area contributed by atoms with Crippen molar-refractivity contribution in [3.8, 4) is 17.1 Å². The zero-order valence-corrected chi connectivity index (χ0v) is 19.8. The van der Waals surface area contributed by atoms with Crippen LogP contribution in [0, 0.1) is 5.82 Å². The van der Waals surface area contributed by atoms with E-state index in [0.29, 0.717) is 53.4 Å². The van der Waals surface area contributed by atoms with Gasteiger partial charge in [0, 0.05) is 60.5 Å². The molecule has 0 N–H and O–H groups in total. The second-order valence-electron chi connectivity index (χ2n) is 8.18. The third-order valence-corrected chi connectivity index (χ3v) is 6.35. The fourth-order valence-electron chi connectivity index (χ4n) is 3.80. The Balaban J connectivity index is 1.56. The fraction of sp³-hybridized carbons (Fsp3) is 0.455. The van der Waals surface area contributed by atoms with Crippen molar-refractivity contribution in [2.45, 2.75) is 43.8 Å². The van der Waals surface area contributed by atoms with E-state index >= 15 is 0 Å². The fourth-order valence-corrected chi connectivity index (χ4v) is 4.33. The van der Waals surface area contributed by atoms with Gasteiger partial charge in [-0.1, -0.05) is 0 Å². The highest BCUT2D eigenvalue weighted by atomic mass is 32.2. The van der Waals surface area contributed by atoms with Gasteiger partial charge in [0.2, 0.25) is 5.88 Å². The lowest BCUT2D eigenvalue weighted by Gasteiger charge is -2.31. The Hall–Kier alpha value is -3.08. The van der Waals surface area contributed by atoms with Crippen LogP contribution in [0.2, 0.25) is 0 Å². The van der Waals surface area contributed by atoms with Crippen LogP contribution in [0.1, 0.15) is 26.7 Å². The summed E-state index contributed by atoms with van der Waals surface area (Å²) >= 11 is 0. The number of amides is 1. The van der Waals surface area contributed by atoms with Gasteiger partial charge in [0.25, 0.3) is 0 Å². The molecule has 11 heteroatoms. The van der Waals surface area contributed by atoms with Crippen LogP contribution >= 0.6 is 0 Å². The van der Waals surface area contributed by atoms with Crippen LogP contribution in [-0.2, 0) is 22.6 Å². The molecule has 0 aliphatic carbocycles. The van der Waals surface area contributed by atoms with Crippen LogP contribution in [0.3, 0.4) is 0 Å².